The molecule has 3 amide bonds. The van der Waals surface area contributed by atoms with E-state index in [1.165, 1.54) is 23.3 Å². The minimum Gasteiger partial charge on any atom is -0.474 e. The van der Waals surface area contributed by atoms with Crippen LogP contribution in [0.25, 0.3) is 21.5 Å². The molecule has 1 saturated heterocycles. The maximum absolute atomic E-state index is 14.0. The van der Waals surface area contributed by atoms with E-state index in [9.17, 15) is 27.6 Å². The number of hydrogen-bond acceptors (Lipinski definition) is 11. The number of ether oxygens (including phenoxy) is 2. The number of carbonyl (C=O) groups excluding carboxylic acids is 3. The topological polar surface area (TPSA) is 140 Å². The number of thiazole rings is 2. The number of piperidine rings is 1. The molecular formula is C31H34F3N7O5S2. The van der Waals surface area contributed by atoms with Gasteiger partial charge in [0.15, 0.2) is 16.5 Å². The van der Waals surface area contributed by atoms with Gasteiger partial charge in [0.1, 0.15) is 28.4 Å². The van der Waals surface area contributed by atoms with Gasteiger partial charge in [-0.1, -0.05) is 12.2 Å². The number of allylic oxidation sites excluding steroid dienone is 1. The van der Waals surface area contributed by atoms with E-state index in [1.807, 2.05) is 24.5 Å². The number of alkyl halides is 3. The fraction of sp³-hybridized carbons (Fsp3) is 0.516. The molecule has 12 nitrogen and oxygen atoms in total. The molecule has 1 aliphatic carbocycles. The van der Waals surface area contributed by atoms with Crippen molar-refractivity contribution in [2.24, 2.45) is 5.92 Å². The lowest BCUT2D eigenvalue weighted by Crippen LogP contribution is -2.60. The van der Waals surface area contributed by atoms with Gasteiger partial charge in [0.05, 0.1) is 7.11 Å². The number of nitrogens with one attached hydrogen (secondary N) is 1. The van der Waals surface area contributed by atoms with Crippen molar-refractivity contribution < 1.29 is 37.0 Å². The SMILES string of the molecule is COC(=O)[C@@]12C[C@H]1/C=C/CCCCN(C)C(=O)N1CC[C@H](Oc3cc(-c4nc(C)cs4)nc(-c4nc(C(F)(F)F)cs4)n3)C[C@H]1C(=O)N2. The molecule has 0 radical (unpaired) electrons. The summed E-state index contributed by atoms with van der Waals surface area (Å²) in [4.78, 5) is 60.6. The van der Waals surface area contributed by atoms with Crippen molar-refractivity contribution in [2.45, 2.75) is 69.3 Å². The van der Waals surface area contributed by atoms with Gasteiger partial charge in [-0.15, -0.1) is 22.7 Å². The van der Waals surface area contributed by atoms with Crippen LogP contribution in [0.2, 0.25) is 0 Å². The second kappa shape index (κ2) is 13.4. The highest BCUT2D eigenvalue weighted by Crippen LogP contribution is 2.46. The van der Waals surface area contributed by atoms with Crippen molar-refractivity contribution in [3.05, 3.63) is 40.4 Å². The number of urea groups is 1. The summed E-state index contributed by atoms with van der Waals surface area (Å²) in [5.41, 5.74) is -1.18. The number of halogens is 3. The molecule has 2 aliphatic heterocycles. The van der Waals surface area contributed by atoms with E-state index < -0.39 is 41.4 Å². The van der Waals surface area contributed by atoms with E-state index in [-0.39, 0.29) is 41.6 Å². The standard InChI is InChI=1S/C31H34F3N7O5S2/c1-17-15-47-26(35-17)20-13-23(38-24(36-20)27-37-22(16-48-27)31(32,33)34)46-19-9-11-41-21(12-19)25(42)39-30(28(43)45-3)14-18(30)8-6-4-5-7-10-40(2)29(41)44/h6,8,13,15-16,18-19,21H,4-5,7,9-12,14H2,1-3H3,(H,39,42)/b8-6+/t18-,19+,21+,30-/m1/s1. The molecule has 0 spiro atoms. The van der Waals surface area contributed by atoms with Crippen LogP contribution in [-0.2, 0) is 20.5 Å². The van der Waals surface area contributed by atoms with Crippen molar-refractivity contribution >= 4 is 40.6 Å². The molecule has 256 valence electrons. The van der Waals surface area contributed by atoms with E-state index in [4.69, 9.17) is 9.47 Å². The maximum Gasteiger partial charge on any atom is 0.434 e. The summed E-state index contributed by atoms with van der Waals surface area (Å²) in [7, 11) is 2.97. The number of nitrogens with zero attached hydrogens (tertiary/aromatic N) is 6. The molecule has 0 unspecified atom stereocenters. The van der Waals surface area contributed by atoms with E-state index in [0.717, 1.165) is 41.7 Å². The summed E-state index contributed by atoms with van der Waals surface area (Å²) in [6, 6.07) is 0.256. The van der Waals surface area contributed by atoms with Crippen molar-refractivity contribution in [1.29, 1.82) is 0 Å². The lowest BCUT2D eigenvalue weighted by Gasteiger charge is -2.40. The molecule has 6 rings (SSSR count). The van der Waals surface area contributed by atoms with Crippen LogP contribution in [0.3, 0.4) is 0 Å². The van der Waals surface area contributed by atoms with Crippen LogP contribution in [0.4, 0.5) is 18.0 Å². The Hall–Kier alpha value is -4.12. The molecule has 1 saturated carbocycles. The van der Waals surface area contributed by atoms with Crippen molar-refractivity contribution in [3.8, 4) is 27.4 Å². The largest absolute Gasteiger partial charge is 0.474 e. The third-order valence-electron chi connectivity index (χ3n) is 8.64. The second-order valence-electron chi connectivity index (χ2n) is 12.1. The minimum atomic E-state index is -4.63. The number of fused-ring (bicyclic) bond motifs is 2. The van der Waals surface area contributed by atoms with E-state index in [2.05, 4.69) is 25.3 Å². The Morgan fingerprint density at radius 3 is 2.58 bits per heavy atom. The Labute approximate surface area is 282 Å². The van der Waals surface area contributed by atoms with Gasteiger partial charge >= 0.3 is 18.2 Å². The van der Waals surface area contributed by atoms with Crippen LogP contribution in [0.15, 0.2) is 29.0 Å². The van der Waals surface area contributed by atoms with Crippen LogP contribution in [0, 0.1) is 12.8 Å². The van der Waals surface area contributed by atoms with Crippen LogP contribution < -0.4 is 10.1 Å². The third kappa shape index (κ3) is 7.02. The quantitative estimate of drug-likeness (QED) is 0.284. The van der Waals surface area contributed by atoms with Gasteiger partial charge in [0.25, 0.3) is 0 Å². The molecule has 0 bridgehead atoms. The van der Waals surface area contributed by atoms with Gasteiger partial charge in [-0.2, -0.15) is 18.2 Å². The Morgan fingerprint density at radius 1 is 1.08 bits per heavy atom. The minimum absolute atomic E-state index is 0.0442. The molecule has 3 aromatic heterocycles. The zero-order valence-corrected chi connectivity index (χ0v) is 28.1. The number of carbonyl (C=O) groups is 3. The van der Waals surface area contributed by atoms with Gasteiger partial charge in [-0.25, -0.2) is 24.5 Å². The van der Waals surface area contributed by atoms with Gasteiger partial charge in [-0.05, 0) is 32.6 Å². The highest BCUT2D eigenvalue weighted by atomic mass is 32.1. The molecule has 48 heavy (non-hydrogen) atoms. The Morgan fingerprint density at radius 2 is 1.88 bits per heavy atom. The predicted octanol–water partition coefficient (Wildman–Crippen LogP) is 5.10. The summed E-state index contributed by atoms with van der Waals surface area (Å²) in [6.07, 6.45) is 1.92. The zero-order chi connectivity index (χ0) is 34.2. The third-order valence-corrected chi connectivity index (χ3v) is 10.5. The van der Waals surface area contributed by atoms with Gasteiger partial charge in [0.2, 0.25) is 11.8 Å². The lowest BCUT2D eigenvalue weighted by atomic mass is 9.98. The molecular weight excluding hydrogens is 672 g/mol. The Kier molecular flexibility index (Phi) is 9.44. The van der Waals surface area contributed by atoms with E-state index >= 15 is 0 Å². The predicted molar refractivity (Wildman–Crippen MR) is 170 cm³/mol. The second-order valence-corrected chi connectivity index (χ2v) is 13.8. The van der Waals surface area contributed by atoms with Crippen molar-refractivity contribution in [2.75, 3.05) is 27.2 Å². The molecule has 3 aliphatic rings. The zero-order valence-electron chi connectivity index (χ0n) is 26.5. The van der Waals surface area contributed by atoms with Gasteiger partial charge < -0.3 is 24.6 Å². The number of esters is 1. The highest BCUT2D eigenvalue weighted by Gasteiger charge is 2.62. The van der Waals surface area contributed by atoms with Crippen molar-refractivity contribution in [1.82, 2.24) is 35.1 Å². The fourth-order valence-electron chi connectivity index (χ4n) is 5.98. The fourth-order valence-corrected chi connectivity index (χ4v) is 7.49. The number of hydrogen-bond donors (Lipinski definition) is 1. The molecule has 1 N–H and O–H groups in total. The first-order valence-corrected chi connectivity index (χ1v) is 17.2. The number of amides is 3. The molecule has 5 heterocycles. The van der Waals surface area contributed by atoms with Gasteiger partial charge in [0, 0.05) is 61.4 Å². The number of aryl methyl sites for hydroxylation is 1. The summed E-state index contributed by atoms with van der Waals surface area (Å²) in [6.45, 7) is 2.50. The van der Waals surface area contributed by atoms with Crippen molar-refractivity contribution in [3.63, 3.8) is 0 Å². The first kappa shape index (κ1) is 33.8. The smallest absolute Gasteiger partial charge is 0.434 e. The van der Waals surface area contributed by atoms with Crippen LogP contribution in [-0.4, -0.2) is 92.6 Å². The van der Waals surface area contributed by atoms with Gasteiger partial charge in [-0.3, -0.25) is 4.79 Å². The normalized spacial score (nSPS) is 25.8. The average Bonchev–Trinajstić information content (AvgIpc) is 3.36. The molecule has 2 fully saturated rings. The summed E-state index contributed by atoms with van der Waals surface area (Å²) >= 11 is 2.07. The molecule has 17 heteroatoms. The van der Waals surface area contributed by atoms with Crippen LogP contribution in [0.5, 0.6) is 5.88 Å². The maximum atomic E-state index is 14.0. The highest BCUT2D eigenvalue weighted by molar-refractivity contribution is 7.13. The summed E-state index contributed by atoms with van der Waals surface area (Å²) in [5.74, 6) is -1.28. The number of aromatic nitrogens is 4. The first-order valence-electron chi connectivity index (χ1n) is 15.5. The Bertz CT molecular complexity index is 1730. The molecule has 3 aromatic rings. The Balaban J connectivity index is 1.30. The first-order chi connectivity index (χ1) is 22.9. The molecule has 0 aromatic carbocycles. The van der Waals surface area contributed by atoms with E-state index in [0.29, 0.717) is 30.1 Å². The number of rotatable bonds is 5. The average molecular weight is 706 g/mol. The summed E-state index contributed by atoms with van der Waals surface area (Å²) < 4.78 is 51.4. The molecule has 4 atom stereocenters. The van der Waals surface area contributed by atoms with Crippen LogP contribution in [0.1, 0.15) is 49.9 Å². The lowest BCUT2D eigenvalue weighted by molar-refractivity contribution is -0.147. The van der Waals surface area contributed by atoms with Crippen LogP contribution >= 0.6 is 22.7 Å². The number of methoxy groups -OCH3 is 1. The monoisotopic (exact) mass is 705 g/mol. The summed E-state index contributed by atoms with van der Waals surface area (Å²) in [5, 5.41) is 6.10. The van der Waals surface area contributed by atoms with E-state index in [1.54, 1.807) is 18.0 Å².